The minimum Gasteiger partial charge on any atom is -0.494 e. The highest BCUT2D eigenvalue weighted by Crippen LogP contribution is 2.24. The highest BCUT2D eigenvalue weighted by atomic mass is 19.2. The van der Waals surface area contributed by atoms with Crippen molar-refractivity contribution in [1.29, 1.82) is 0 Å². The zero-order valence-electron chi connectivity index (χ0n) is 10.9. The van der Waals surface area contributed by atoms with Crippen LogP contribution in [-0.2, 0) is 6.42 Å². The Bertz CT molecular complexity index is 616. The molecule has 0 heterocycles. The fraction of sp³-hybridized carbons (Fsp3) is 0.200. The smallest absolute Gasteiger partial charge is 0.165 e. The molecular formula is C15H14F3NO. The van der Waals surface area contributed by atoms with E-state index in [4.69, 9.17) is 10.5 Å². The minimum atomic E-state index is -0.911. The molecule has 1 unspecified atom stereocenters. The fourth-order valence-corrected chi connectivity index (χ4v) is 1.95. The Kier molecular flexibility index (Phi) is 4.29. The van der Waals surface area contributed by atoms with Gasteiger partial charge in [0.25, 0.3) is 0 Å². The number of methoxy groups -OCH3 is 1. The van der Waals surface area contributed by atoms with Crippen LogP contribution in [0.25, 0.3) is 0 Å². The molecule has 1 atom stereocenters. The predicted molar refractivity (Wildman–Crippen MR) is 69.9 cm³/mol. The van der Waals surface area contributed by atoms with Crippen LogP contribution in [0.5, 0.6) is 5.75 Å². The van der Waals surface area contributed by atoms with Crippen LogP contribution >= 0.6 is 0 Å². The van der Waals surface area contributed by atoms with Gasteiger partial charge >= 0.3 is 0 Å². The van der Waals surface area contributed by atoms with Crippen LogP contribution in [0.15, 0.2) is 36.4 Å². The van der Waals surface area contributed by atoms with Gasteiger partial charge in [-0.05, 0) is 41.8 Å². The van der Waals surface area contributed by atoms with Crippen molar-refractivity contribution in [1.82, 2.24) is 0 Å². The zero-order chi connectivity index (χ0) is 14.7. The van der Waals surface area contributed by atoms with Crippen molar-refractivity contribution in [3.05, 3.63) is 65.0 Å². The van der Waals surface area contributed by atoms with Gasteiger partial charge in [-0.2, -0.15) is 0 Å². The maximum atomic E-state index is 13.3. The Morgan fingerprint density at radius 3 is 2.35 bits per heavy atom. The molecule has 2 nitrogen and oxygen atoms in total. The number of hydrogen-bond acceptors (Lipinski definition) is 2. The van der Waals surface area contributed by atoms with E-state index < -0.39 is 23.5 Å². The molecule has 0 fully saturated rings. The third-order valence-electron chi connectivity index (χ3n) is 3.04. The lowest BCUT2D eigenvalue weighted by atomic mass is 9.99. The monoisotopic (exact) mass is 281 g/mol. The van der Waals surface area contributed by atoms with Gasteiger partial charge in [0.1, 0.15) is 0 Å². The molecule has 20 heavy (non-hydrogen) atoms. The van der Waals surface area contributed by atoms with Crippen molar-refractivity contribution in [2.45, 2.75) is 12.5 Å². The quantitative estimate of drug-likeness (QED) is 0.932. The summed E-state index contributed by atoms with van der Waals surface area (Å²) in [6, 6.07) is 7.48. The van der Waals surface area contributed by atoms with Crippen molar-refractivity contribution >= 4 is 0 Å². The number of halogens is 3. The van der Waals surface area contributed by atoms with Gasteiger partial charge < -0.3 is 10.5 Å². The highest BCUT2D eigenvalue weighted by Gasteiger charge is 2.12. The topological polar surface area (TPSA) is 35.2 Å². The van der Waals surface area contributed by atoms with Crippen LogP contribution in [0.4, 0.5) is 13.2 Å². The first-order valence-electron chi connectivity index (χ1n) is 6.04. The molecule has 5 heteroatoms. The van der Waals surface area contributed by atoms with Gasteiger partial charge in [0.15, 0.2) is 23.2 Å². The van der Waals surface area contributed by atoms with Crippen molar-refractivity contribution < 1.29 is 17.9 Å². The number of ether oxygens (including phenoxy) is 1. The van der Waals surface area contributed by atoms with E-state index in [9.17, 15) is 13.2 Å². The number of rotatable bonds is 4. The van der Waals surface area contributed by atoms with Crippen molar-refractivity contribution in [3.8, 4) is 5.75 Å². The van der Waals surface area contributed by atoms with Crippen molar-refractivity contribution in [2.24, 2.45) is 5.73 Å². The molecule has 0 aromatic heterocycles. The van der Waals surface area contributed by atoms with E-state index in [0.29, 0.717) is 17.5 Å². The summed E-state index contributed by atoms with van der Waals surface area (Å²) in [6.07, 6.45) is 0.311. The lowest BCUT2D eigenvalue weighted by molar-refractivity contribution is 0.385. The van der Waals surface area contributed by atoms with Crippen LogP contribution in [0.3, 0.4) is 0 Å². The first-order chi connectivity index (χ1) is 9.51. The summed E-state index contributed by atoms with van der Waals surface area (Å²) in [5, 5.41) is 0. The molecule has 0 aliphatic heterocycles. The maximum absolute atomic E-state index is 13.3. The first kappa shape index (κ1) is 14.4. The molecule has 0 amide bonds. The number of benzene rings is 2. The van der Waals surface area contributed by atoms with Crippen molar-refractivity contribution in [2.75, 3.05) is 7.11 Å². The Labute approximate surface area is 115 Å². The average Bonchev–Trinajstić information content (AvgIpc) is 2.43. The average molecular weight is 281 g/mol. The molecule has 0 aliphatic carbocycles. The summed E-state index contributed by atoms with van der Waals surface area (Å²) < 4.78 is 44.1. The van der Waals surface area contributed by atoms with Crippen LogP contribution in [0, 0.1) is 17.5 Å². The predicted octanol–water partition coefficient (Wildman–Crippen LogP) is 3.36. The molecule has 0 saturated carbocycles. The summed E-state index contributed by atoms with van der Waals surface area (Å²) in [7, 11) is 1.36. The summed E-state index contributed by atoms with van der Waals surface area (Å²) in [5.74, 6) is -2.18. The standard InChI is InChI=1S/C15H14F3NO/c1-20-15-8-10(3-5-12(15)17)14(19)7-9-2-4-11(16)13(18)6-9/h2-6,8,14H,7,19H2,1H3. The summed E-state index contributed by atoms with van der Waals surface area (Å²) >= 11 is 0. The van der Waals surface area contributed by atoms with Gasteiger partial charge in [0.05, 0.1) is 7.11 Å². The normalized spacial score (nSPS) is 12.2. The highest BCUT2D eigenvalue weighted by molar-refractivity contribution is 5.33. The van der Waals surface area contributed by atoms with Crippen LogP contribution < -0.4 is 10.5 Å². The maximum Gasteiger partial charge on any atom is 0.165 e. The SMILES string of the molecule is COc1cc(C(N)Cc2ccc(F)c(F)c2)ccc1F. The zero-order valence-corrected chi connectivity index (χ0v) is 10.9. The Morgan fingerprint density at radius 2 is 1.70 bits per heavy atom. The van der Waals surface area contributed by atoms with Gasteiger partial charge in [0.2, 0.25) is 0 Å². The summed E-state index contributed by atoms with van der Waals surface area (Å²) in [6.45, 7) is 0. The molecule has 2 rings (SSSR count). The Balaban J connectivity index is 2.19. The molecule has 0 radical (unpaired) electrons. The summed E-state index contributed by atoms with van der Waals surface area (Å²) in [4.78, 5) is 0. The third kappa shape index (κ3) is 3.11. The molecule has 106 valence electrons. The van der Waals surface area contributed by atoms with E-state index in [1.54, 1.807) is 6.07 Å². The van der Waals surface area contributed by atoms with Crippen LogP contribution in [0.1, 0.15) is 17.2 Å². The Hall–Kier alpha value is -2.01. The molecule has 2 aromatic rings. The molecule has 0 bridgehead atoms. The van der Waals surface area contributed by atoms with E-state index in [1.165, 1.54) is 25.3 Å². The van der Waals surface area contributed by atoms with E-state index >= 15 is 0 Å². The van der Waals surface area contributed by atoms with Gasteiger partial charge in [-0.3, -0.25) is 0 Å². The van der Waals surface area contributed by atoms with Gasteiger partial charge in [0, 0.05) is 6.04 Å². The summed E-state index contributed by atoms with van der Waals surface area (Å²) in [5.41, 5.74) is 7.22. The van der Waals surface area contributed by atoms with E-state index in [1.807, 2.05) is 0 Å². The molecule has 0 saturated heterocycles. The van der Waals surface area contributed by atoms with Gasteiger partial charge in [-0.15, -0.1) is 0 Å². The van der Waals surface area contributed by atoms with Crippen LogP contribution in [0.2, 0.25) is 0 Å². The second kappa shape index (κ2) is 5.96. The lowest BCUT2D eigenvalue weighted by Crippen LogP contribution is -2.14. The minimum absolute atomic E-state index is 0.100. The molecule has 0 spiro atoms. The largest absolute Gasteiger partial charge is 0.494 e. The Morgan fingerprint density at radius 1 is 1.00 bits per heavy atom. The van der Waals surface area contributed by atoms with E-state index in [2.05, 4.69) is 0 Å². The van der Waals surface area contributed by atoms with Gasteiger partial charge in [-0.1, -0.05) is 12.1 Å². The van der Waals surface area contributed by atoms with Crippen LogP contribution in [-0.4, -0.2) is 7.11 Å². The molecular weight excluding hydrogens is 267 g/mol. The molecule has 2 aromatic carbocycles. The van der Waals surface area contributed by atoms with E-state index in [-0.39, 0.29) is 5.75 Å². The number of hydrogen-bond donors (Lipinski definition) is 1. The van der Waals surface area contributed by atoms with Gasteiger partial charge in [-0.25, -0.2) is 13.2 Å². The number of nitrogens with two attached hydrogens (primary N) is 1. The second-order valence-electron chi connectivity index (χ2n) is 4.45. The van der Waals surface area contributed by atoms with Crippen molar-refractivity contribution in [3.63, 3.8) is 0 Å². The molecule has 2 N–H and O–H groups in total. The molecule has 0 aliphatic rings. The lowest BCUT2D eigenvalue weighted by Gasteiger charge is -2.14. The second-order valence-corrected chi connectivity index (χ2v) is 4.45. The van der Waals surface area contributed by atoms with E-state index in [0.717, 1.165) is 12.1 Å². The third-order valence-corrected chi connectivity index (χ3v) is 3.04. The first-order valence-corrected chi connectivity index (χ1v) is 6.04. The fourth-order valence-electron chi connectivity index (χ4n) is 1.95.